The summed E-state index contributed by atoms with van der Waals surface area (Å²) in [5.74, 6) is 0.0552. The maximum Gasteiger partial charge on any atom is 0.320 e. The lowest BCUT2D eigenvalue weighted by atomic mass is 10.4. The third kappa shape index (κ3) is 3.75. The predicted molar refractivity (Wildman–Crippen MR) is 60.9 cm³/mol. The number of carbonyl (C=O) groups is 1. The van der Waals surface area contributed by atoms with Gasteiger partial charge in [0.15, 0.2) is 11.6 Å². The fraction of sp³-hybridized carbons (Fsp3) is 0.333. The van der Waals surface area contributed by atoms with Crippen LogP contribution >= 0.6 is 15.9 Å². The van der Waals surface area contributed by atoms with Crippen LogP contribution in [0.3, 0.4) is 0 Å². The minimum absolute atomic E-state index is 0.0302. The van der Waals surface area contributed by atoms with Gasteiger partial charge in [-0.15, -0.1) is 0 Å². The van der Waals surface area contributed by atoms with Crippen LogP contribution in [0.2, 0.25) is 0 Å². The predicted octanol–water partition coefficient (Wildman–Crippen LogP) is 2.08. The topological polar surface area (TPSA) is 74.2 Å². The summed E-state index contributed by atoms with van der Waals surface area (Å²) in [6.07, 6.45) is 1.49. The van der Waals surface area contributed by atoms with Crippen LogP contribution in [0.15, 0.2) is 16.7 Å². The lowest BCUT2D eigenvalue weighted by molar-refractivity contribution is 0.249. The number of halogens is 1. The van der Waals surface area contributed by atoms with E-state index in [4.69, 9.17) is 0 Å². The molecule has 0 aliphatic carbocycles. The number of rotatable bonds is 2. The third-order valence-corrected chi connectivity index (χ3v) is 1.92. The number of urea groups is 1. The van der Waals surface area contributed by atoms with Crippen LogP contribution in [0.1, 0.15) is 13.8 Å². The van der Waals surface area contributed by atoms with Crippen molar-refractivity contribution in [3.8, 4) is 5.75 Å². The van der Waals surface area contributed by atoms with E-state index >= 15 is 0 Å². The van der Waals surface area contributed by atoms with Crippen LogP contribution in [0.4, 0.5) is 10.6 Å². The van der Waals surface area contributed by atoms with E-state index in [0.717, 1.165) is 0 Å². The maximum absolute atomic E-state index is 11.3. The number of hydrogen-bond donors (Lipinski definition) is 3. The monoisotopic (exact) mass is 273 g/mol. The van der Waals surface area contributed by atoms with Crippen molar-refractivity contribution >= 4 is 27.8 Å². The van der Waals surface area contributed by atoms with Gasteiger partial charge < -0.3 is 10.4 Å². The second kappa shape index (κ2) is 4.97. The number of aromatic hydroxyl groups is 1. The average molecular weight is 274 g/mol. The summed E-state index contributed by atoms with van der Waals surface area (Å²) in [5.41, 5.74) is 0. The Morgan fingerprint density at radius 2 is 2.27 bits per heavy atom. The summed E-state index contributed by atoms with van der Waals surface area (Å²) < 4.78 is 0.648. The first-order chi connectivity index (χ1) is 6.99. The molecular weight excluding hydrogens is 262 g/mol. The molecule has 3 N–H and O–H groups in total. The van der Waals surface area contributed by atoms with Crippen LogP contribution < -0.4 is 10.6 Å². The maximum atomic E-state index is 11.3. The molecule has 5 nitrogen and oxygen atoms in total. The van der Waals surface area contributed by atoms with Crippen LogP contribution in [0, 0.1) is 0 Å². The second-order valence-corrected chi connectivity index (χ2v) is 4.19. The molecule has 1 heterocycles. The highest BCUT2D eigenvalue weighted by molar-refractivity contribution is 9.10. The van der Waals surface area contributed by atoms with E-state index in [0.29, 0.717) is 4.47 Å². The molecule has 0 fully saturated rings. The molecule has 1 aromatic rings. The zero-order valence-electron chi connectivity index (χ0n) is 8.41. The minimum atomic E-state index is -0.393. The molecule has 0 aliphatic heterocycles. The second-order valence-electron chi connectivity index (χ2n) is 3.27. The molecule has 0 bridgehead atoms. The molecular formula is C9H12BrN3O2. The summed E-state index contributed by atoms with van der Waals surface area (Å²) in [6, 6.07) is 1.09. The molecule has 0 unspecified atom stereocenters. The quantitative estimate of drug-likeness (QED) is 0.773. The van der Waals surface area contributed by atoms with Crippen molar-refractivity contribution < 1.29 is 9.90 Å². The lowest BCUT2D eigenvalue weighted by Gasteiger charge is -2.10. The number of amides is 2. The van der Waals surface area contributed by atoms with Gasteiger partial charge in [0, 0.05) is 16.7 Å². The van der Waals surface area contributed by atoms with Crippen LogP contribution in [0.5, 0.6) is 5.75 Å². The standard InChI is InChI=1S/C9H12BrN3O2/c1-5(2)12-9(15)13-8-7(14)3-6(10)4-11-8/h3-5,14H,1-2H3,(H2,11,12,13,15). The van der Waals surface area contributed by atoms with E-state index in [9.17, 15) is 9.90 Å². The number of carbonyl (C=O) groups excluding carboxylic acids is 1. The Morgan fingerprint density at radius 1 is 1.60 bits per heavy atom. The Labute approximate surface area is 96.0 Å². The Bertz CT molecular complexity index is 368. The number of pyridine rings is 1. The SMILES string of the molecule is CC(C)NC(=O)Nc1ncc(Br)cc1O. The van der Waals surface area contributed by atoms with Gasteiger partial charge in [-0.1, -0.05) is 0 Å². The van der Waals surface area contributed by atoms with Gasteiger partial charge in [-0.05, 0) is 35.8 Å². The number of nitrogens with zero attached hydrogens (tertiary/aromatic N) is 1. The largest absolute Gasteiger partial charge is 0.504 e. The molecule has 0 spiro atoms. The normalized spacial score (nSPS) is 10.1. The van der Waals surface area contributed by atoms with Crippen LogP contribution in [0.25, 0.3) is 0 Å². The molecule has 0 saturated carbocycles. The summed E-state index contributed by atoms with van der Waals surface area (Å²) >= 11 is 3.15. The molecule has 0 aliphatic rings. The van der Waals surface area contributed by atoms with Crippen LogP contribution in [-0.2, 0) is 0 Å². The molecule has 0 aromatic carbocycles. The van der Waals surface area contributed by atoms with Gasteiger partial charge >= 0.3 is 6.03 Å². The van der Waals surface area contributed by atoms with Gasteiger partial charge in [0.05, 0.1) is 0 Å². The molecule has 0 saturated heterocycles. The zero-order valence-corrected chi connectivity index (χ0v) is 10.00. The fourth-order valence-electron chi connectivity index (χ4n) is 0.931. The highest BCUT2D eigenvalue weighted by Crippen LogP contribution is 2.23. The Balaban J connectivity index is 2.68. The fourth-order valence-corrected chi connectivity index (χ4v) is 1.25. The van der Waals surface area contributed by atoms with Gasteiger partial charge in [-0.25, -0.2) is 9.78 Å². The first kappa shape index (κ1) is 11.8. The van der Waals surface area contributed by atoms with Crippen molar-refractivity contribution in [2.24, 2.45) is 0 Å². The summed E-state index contributed by atoms with van der Waals surface area (Å²) in [6.45, 7) is 3.68. The van der Waals surface area contributed by atoms with Gasteiger partial charge in [0.2, 0.25) is 0 Å². The van der Waals surface area contributed by atoms with Crippen molar-refractivity contribution in [1.29, 1.82) is 0 Å². The van der Waals surface area contributed by atoms with Crippen molar-refractivity contribution in [3.63, 3.8) is 0 Å². The molecule has 2 amide bonds. The van der Waals surface area contributed by atoms with Crippen molar-refractivity contribution in [3.05, 3.63) is 16.7 Å². The first-order valence-corrected chi connectivity index (χ1v) is 5.20. The minimum Gasteiger partial charge on any atom is -0.504 e. The smallest absolute Gasteiger partial charge is 0.320 e. The number of aromatic nitrogens is 1. The van der Waals surface area contributed by atoms with E-state index < -0.39 is 6.03 Å². The molecule has 1 aromatic heterocycles. The van der Waals surface area contributed by atoms with E-state index in [-0.39, 0.29) is 17.6 Å². The lowest BCUT2D eigenvalue weighted by Crippen LogP contribution is -2.34. The van der Waals surface area contributed by atoms with Gasteiger partial charge in [0.1, 0.15) is 0 Å². The van der Waals surface area contributed by atoms with Crippen molar-refractivity contribution in [2.75, 3.05) is 5.32 Å². The Morgan fingerprint density at radius 3 is 2.80 bits per heavy atom. The third-order valence-electron chi connectivity index (χ3n) is 1.49. The molecule has 0 radical (unpaired) electrons. The first-order valence-electron chi connectivity index (χ1n) is 4.41. The molecule has 6 heteroatoms. The van der Waals surface area contributed by atoms with Gasteiger partial charge in [0.25, 0.3) is 0 Å². The summed E-state index contributed by atoms with van der Waals surface area (Å²) in [5, 5.41) is 14.5. The summed E-state index contributed by atoms with van der Waals surface area (Å²) in [7, 11) is 0. The van der Waals surface area contributed by atoms with Crippen molar-refractivity contribution in [2.45, 2.75) is 19.9 Å². The number of hydrogen-bond acceptors (Lipinski definition) is 3. The number of anilines is 1. The molecule has 1 rings (SSSR count). The van der Waals surface area contributed by atoms with Crippen molar-refractivity contribution in [1.82, 2.24) is 10.3 Å². The molecule has 15 heavy (non-hydrogen) atoms. The average Bonchev–Trinajstić information content (AvgIpc) is 2.08. The highest BCUT2D eigenvalue weighted by atomic mass is 79.9. The van der Waals surface area contributed by atoms with E-state index in [1.165, 1.54) is 12.3 Å². The van der Waals surface area contributed by atoms with Gasteiger partial charge in [-0.2, -0.15) is 0 Å². The van der Waals surface area contributed by atoms with Crippen LogP contribution in [-0.4, -0.2) is 22.2 Å². The Hall–Kier alpha value is -1.30. The zero-order chi connectivity index (χ0) is 11.4. The highest BCUT2D eigenvalue weighted by Gasteiger charge is 2.08. The number of nitrogens with one attached hydrogen (secondary N) is 2. The Kier molecular flexibility index (Phi) is 3.90. The molecule has 0 atom stereocenters. The van der Waals surface area contributed by atoms with E-state index in [1.54, 1.807) is 0 Å². The summed E-state index contributed by atoms with van der Waals surface area (Å²) in [4.78, 5) is 15.1. The van der Waals surface area contributed by atoms with Gasteiger partial charge in [-0.3, -0.25) is 5.32 Å². The van der Waals surface area contributed by atoms with E-state index in [1.807, 2.05) is 13.8 Å². The molecule has 82 valence electrons. The van der Waals surface area contributed by atoms with E-state index in [2.05, 4.69) is 31.5 Å².